The largest absolute Gasteiger partial charge is 0.477 e. The summed E-state index contributed by atoms with van der Waals surface area (Å²) in [6.07, 6.45) is 2.54. The van der Waals surface area contributed by atoms with E-state index in [-0.39, 0.29) is 30.3 Å². The van der Waals surface area contributed by atoms with Crippen LogP contribution >= 0.6 is 0 Å². The van der Waals surface area contributed by atoms with Crippen LogP contribution < -0.4 is 14.8 Å². The minimum atomic E-state index is -3.68. The highest BCUT2D eigenvalue weighted by atomic mass is 32.2. The minimum absolute atomic E-state index is 0.0210. The third-order valence-corrected chi connectivity index (χ3v) is 6.05. The van der Waals surface area contributed by atoms with Crippen molar-refractivity contribution in [2.24, 2.45) is 0 Å². The molecule has 0 aliphatic carbocycles. The molecule has 0 radical (unpaired) electrons. The Morgan fingerprint density at radius 2 is 1.86 bits per heavy atom. The predicted octanol–water partition coefficient (Wildman–Crippen LogP) is 2.78. The van der Waals surface area contributed by atoms with E-state index in [1.165, 1.54) is 0 Å². The summed E-state index contributed by atoms with van der Waals surface area (Å²) < 4.78 is 33.3. The van der Waals surface area contributed by atoms with Crippen molar-refractivity contribution in [3.05, 3.63) is 52.7 Å². The molecule has 0 aliphatic rings. The maximum absolute atomic E-state index is 12.6. The number of rotatable bonds is 10. The lowest BCUT2D eigenvalue weighted by molar-refractivity contribution is -0.121. The van der Waals surface area contributed by atoms with Crippen LogP contribution in [0.2, 0.25) is 0 Å². The molecule has 1 aromatic carbocycles. The van der Waals surface area contributed by atoms with Gasteiger partial charge < -0.3 is 10.1 Å². The minimum Gasteiger partial charge on any atom is -0.477 e. The molecule has 0 atom stereocenters. The van der Waals surface area contributed by atoms with E-state index < -0.39 is 10.0 Å². The number of aryl methyl sites for hydroxylation is 3. The van der Waals surface area contributed by atoms with E-state index in [0.717, 1.165) is 17.5 Å². The molecule has 0 unspecified atom stereocenters. The zero-order chi connectivity index (χ0) is 21.4. The van der Waals surface area contributed by atoms with Gasteiger partial charge in [0.2, 0.25) is 21.8 Å². The molecule has 158 valence electrons. The molecule has 0 bridgehead atoms. The molecule has 29 heavy (non-hydrogen) atoms. The molecule has 0 saturated heterocycles. The number of amides is 1. The summed E-state index contributed by atoms with van der Waals surface area (Å²) in [7, 11) is -3.68. The number of sulfonamides is 1. The number of benzene rings is 1. The highest BCUT2D eigenvalue weighted by Crippen LogP contribution is 2.21. The molecule has 0 fully saturated rings. The first-order valence-corrected chi connectivity index (χ1v) is 11.1. The Balaban J connectivity index is 1.89. The average Bonchev–Trinajstić information content (AvgIpc) is 2.64. The van der Waals surface area contributed by atoms with Gasteiger partial charge in [0.05, 0.1) is 11.5 Å². The summed E-state index contributed by atoms with van der Waals surface area (Å²) in [5.41, 5.74) is 3.17. The van der Waals surface area contributed by atoms with Crippen molar-refractivity contribution < 1.29 is 17.9 Å². The molecule has 1 aromatic heterocycles. The van der Waals surface area contributed by atoms with Gasteiger partial charge in [-0.05, 0) is 44.4 Å². The second-order valence-corrected chi connectivity index (χ2v) is 8.67. The zero-order valence-corrected chi connectivity index (χ0v) is 18.2. The number of carbonyl (C=O) groups is 1. The van der Waals surface area contributed by atoms with Crippen LogP contribution in [0.1, 0.15) is 42.0 Å². The topological polar surface area (TPSA) is 97.4 Å². The predicted molar refractivity (Wildman–Crippen MR) is 112 cm³/mol. The molecule has 8 heteroatoms. The Labute approximate surface area is 172 Å². The van der Waals surface area contributed by atoms with Gasteiger partial charge in [0.25, 0.3) is 0 Å². The van der Waals surface area contributed by atoms with Crippen LogP contribution in [0, 0.1) is 20.8 Å². The van der Waals surface area contributed by atoms with Crippen LogP contribution in [0.5, 0.6) is 5.88 Å². The van der Waals surface area contributed by atoms with Crippen LogP contribution in [0.15, 0.2) is 35.4 Å². The van der Waals surface area contributed by atoms with Crippen molar-refractivity contribution in [1.82, 2.24) is 15.0 Å². The summed E-state index contributed by atoms with van der Waals surface area (Å²) in [4.78, 5) is 16.6. The number of aromatic nitrogens is 1. The fourth-order valence-corrected chi connectivity index (χ4v) is 4.61. The third kappa shape index (κ3) is 6.54. The van der Waals surface area contributed by atoms with Crippen molar-refractivity contribution in [3.8, 4) is 5.88 Å². The van der Waals surface area contributed by atoms with Crippen molar-refractivity contribution in [1.29, 1.82) is 0 Å². The Morgan fingerprint density at radius 1 is 1.17 bits per heavy atom. The molecule has 2 N–H and O–H groups in total. The molecule has 0 spiro atoms. The summed E-state index contributed by atoms with van der Waals surface area (Å²) in [6.45, 7) is 8.32. The second-order valence-electron chi connectivity index (χ2n) is 6.97. The van der Waals surface area contributed by atoms with E-state index in [1.807, 2.05) is 32.0 Å². The highest BCUT2D eigenvalue weighted by Gasteiger charge is 2.19. The van der Waals surface area contributed by atoms with Crippen molar-refractivity contribution in [3.63, 3.8) is 0 Å². The molecule has 1 amide bonds. The number of carbonyl (C=O) groups excluding carboxylic acids is 1. The number of ether oxygens (including phenoxy) is 1. The van der Waals surface area contributed by atoms with Gasteiger partial charge >= 0.3 is 0 Å². The number of pyridine rings is 1. The molecule has 0 saturated carbocycles. The van der Waals surface area contributed by atoms with Crippen molar-refractivity contribution in [2.45, 2.75) is 52.0 Å². The van der Waals surface area contributed by atoms with E-state index in [9.17, 15) is 13.2 Å². The monoisotopic (exact) mass is 419 g/mol. The van der Waals surface area contributed by atoms with Crippen LogP contribution in [-0.4, -0.2) is 32.5 Å². The summed E-state index contributed by atoms with van der Waals surface area (Å²) in [6, 6.07) is 7.28. The smallest absolute Gasteiger partial charge is 0.241 e. The number of nitrogens with zero attached hydrogens (tertiary/aromatic N) is 1. The second kappa shape index (κ2) is 10.4. The normalized spacial score (nSPS) is 11.3. The Morgan fingerprint density at radius 3 is 2.52 bits per heavy atom. The Bertz CT molecular complexity index is 935. The van der Waals surface area contributed by atoms with Gasteiger partial charge in [-0.25, -0.2) is 18.1 Å². The molecule has 0 aliphatic heterocycles. The maximum atomic E-state index is 12.6. The highest BCUT2D eigenvalue weighted by molar-refractivity contribution is 7.89. The van der Waals surface area contributed by atoms with Crippen LogP contribution in [0.3, 0.4) is 0 Å². The molecule has 1 heterocycles. The first-order valence-electron chi connectivity index (χ1n) is 9.65. The lowest BCUT2D eigenvalue weighted by Crippen LogP contribution is -2.31. The van der Waals surface area contributed by atoms with E-state index in [1.54, 1.807) is 26.1 Å². The van der Waals surface area contributed by atoms with Crippen LogP contribution in [0.4, 0.5) is 0 Å². The third-order valence-electron chi connectivity index (χ3n) is 4.29. The molecule has 2 aromatic rings. The SMILES string of the molecule is CCCOc1ncccc1CNC(=O)CCNS(=O)(=O)c1c(C)cc(C)cc1C. The number of hydrogen-bond donors (Lipinski definition) is 2. The van der Waals surface area contributed by atoms with Crippen molar-refractivity contribution >= 4 is 15.9 Å². The van der Waals surface area contributed by atoms with Crippen molar-refractivity contribution in [2.75, 3.05) is 13.2 Å². The Hall–Kier alpha value is -2.45. The van der Waals surface area contributed by atoms with Gasteiger partial charge in [-0.2, -0.15) is 0 Å². The van der Waals surface area contributed by atoms with E-state index in [4.69, 9.17) is 4.74 Å². The maximum Gasteiger partial charge on any atom is 0.241 e. The summed E-state index contributed by atoms with van der Waals surface area (Å²) in [5.74, 6) is 0.246. The summed E-state index contributed by atoms with van der Waals surface area (Å²) >= 11 is 0. The van der Waals surface area contributed by atoms with Gasteiger partial charge in [-0.15, -0.1) is 0 Å². The first-order chi connectivity index (χ1) is 13.7. The van der Waals surface area contributed by atoms with Crippen LogP contribution in [0.25, 0.3) is 0 Å². The first kappa shape index (κ1) is 22.8. The quantitative estimate of drug-likeness (QED) is 0.617. The molecule has 2 rings (SSSR count). The summed E-state index contributed by atoms with van der Waals surface area (Å²) in [5, 5.41) is 2.78. The van der Waals surface area contributed by atoms with E-state index in [2.05, 4.69) is 15.0 Å². The number of hydrogen-bond acceptors (Lipinski definition) is 5. The lowest BCUT2D eigenvalue weighted by Gasteiger charge is -2.13. The Kier molecular flexibility index (Phi) is 8.16. The molecule has 7 nitrogen and oxygen atoms in total. The molecular weight excluding hydrogens is 390 g/mol. The van der Waals surface area contributed by atoms with Crippen LogP contribution in [-0.2, 0) is 21.4 Å². The fourth-order valence-electron chi connectivity index (χ4n) is 3.13. The lowest BCUT2D eigenvalue weighted by atomic mass is 10.1. The standard InChI is InChI=1S/C21H29N3O4S/c1-5-11-28-21-18(7-6-9-22-21)14-23-19(25)8-10-24-29(26,27)20-16(3)12-15(2)13-17(20)4/h6-7,9,12-13,24H,5,8,10-11,14H2,1-4H3,(H,23,25). The van der Waals surface area contributed by atoms with E-state index >= 15 is 0 Å². The van der Waals surface area contributed by atoms with Gasteiger partial charge in [-0.1, -0.05) is 30.7 Å². The average molecular weight is 420 g/mol. The number of nitrogens with one attached hydrogen (secondary N) is 2. The molecular formula is C21H29N3O4S. The van der Waals surface area contributed by atoms with Gasteiger partial charge in [-0.3, -0.25) is 4.79 Å². The van der Waals surface area contributed by atoms with Gasteiger partial charge in [0.15, 0.2) is 0 Å². The van der Waals surface area contributed by atoms with Gasteiger partial charge in [0.1, 0.15) is 0 Å². The van der Waals surface area contributed by atoms with E-state index in [0.29, 0.717) is 23.6 Å². The fraction of sp³-hybridized carbons (Fsp3) is 0.429. The zero-order valence-electron chi connectivity index (χ0n) is 17.4. The van der Waals surface area contributed by atoms with Gasteiger partial charge in [0, 0.05) is 31.3 Å².